The second-order valence-corrected chi connectivity index (χ2v) is 4.46. The molecule has 3 rings (SSSR count). The third kappa shape index (κ3) is 1.28. The molecule has 0 amide bonds. The quantitative estimate of drug-likeness (QED) is 0.754. The molecule has 1 aromatic carbocycles. The Hall–Kier alpha value is -1.64. The summed E-state index contributed by atoms with van der Waals surface area (Å²) in [5, 5.41) is 6.91. The van der Waals surface area contributed by atoms with E-state index in [0.29, 0.717) is 18.0 Å². The van der Waals surface area contributed by atoms with Crippen molar-refractivity contribution in [3.05, 3.63) is 36.0 Å². The number of ether oxygens (including phenoxy) is 1. The highest BCUT2D eigenvalue weighted by molar-refractivity contribution is 5.64. The van der Waals surface area contributed by atoms with Gasteiger partial charge < -0.3 is 15.4 Å². The zero-order chi connectivity index (χ0) is 11.1. The predicted octanol–water partition coefficient (Wildman–Crippen LogP) is 2.08. The Morgan fingerprint density at radius 1 is 1.31 bits per heavy atom. The average Bonchev–Trinajstić information content (AvgIpc) is 2.68. The van der Waals surface area contributed by atoms with Crippen LogP contribution in [-0.2, 0) is 0 Å². The fourth-order valence-electron chi connectivity index (χ4n) is 2.61. The number of hydrogen-bond acceptors (Lipinski definition) is 3. The lowest BCUT2D eigenvalue weighted by molar-refractivity contribution is 0.415. The highest BCUT2D eigenvalue weighted by atomic mass is 16.5. The van der Waals surface area contributed by atoms with E-state index in [9.17, 15) is 0 Å². The van der Waals surface area contributed by atoms with Crippen LogP contribution in [0.15, 0.2) is 30.5 Å². The number of rotatable bonds is 1. The topological polar surface area (TPSA) is 33.3 Å². The van der Waals surface area contributed by atoms with E-state index in [0.717, 1.165) is 5.75 Å². The van der Waals surface area contributed by atoms with Gasteiger partial charge in [0.1, 0.15) is 5.75 Å². The zero-order valence-corrected chi connectivity index (χ0v) is 9.53. The molecule has 3 unspecified atom stereocenters. The van der Waals surface area contributed by atoms with E-state index in [4.69, 9.17) is 4.74 Å². The van der Waals surface area contributed by atoms with Gasteiger partial charge in [-0.05, 0) is 24.8 Å². The van der Waals surface area contributed by atoms with Crippen LogP contribution in [0, 0.1) is 0 Å². The summed E-state index contributed by atoms with van der Waals surface area (Å²) in [4.78, 5) is 0. The molecule has 0 spiro atoms. The Bertz CT molecular complexity index is 442. The minimum atomic E-state index is 0.451. The van der Waals surface area contributed by atoms with Crippen molar-refractivity contribution in [3.63, 3.8) is 0 Å². The third-order valence-electron chi connectivity index (χ3n) is 3.53. The lowest BCUT2D eigenvalue weighted by atomic mass is 9.89. The summed E-state index contributed by atoms with van der Waals surface area (Å²) < 4.78 is 5.25. The van der Waals surface area contributed by atoms with Crippen LogP contribution in [0.3, 0.4) is 0 Å². The summed E-state index contributed by atoms with van der Waals surface area (Å²) in [6.07, 6.45) is 4.29. The molecule has 0 bridgehead atoms. The number of anilines is 1. The Balaban J connectivity index is 2.02. The molecule has 0 saturated heterocycles. The van der Waals surface area contributed by atoms with Crippen LogP contribution in [0.2, 0.25) is 0 Å². The van der Waals surface area contributed by atoms with E-state index in [1.807, 2.05) is 6.07 Å². The summed E-state index contributed by atoms with van der Waals surface area (Å²) in [6, 6.07) is 7.17. The van der Waals surface area contributed by atoms with Crippen LogP contribution in [0.5, 0.6) is 5.75 Å². The summed E-state index contributed by atoms with van der Waals surface area (Å²) >= 11 is 0. The molecule has 2 aliphatic heterocycles. The van der Waals surface area contributed by atoms with Crippen molar-refractivity contribution in [2.75, 3.05) is 12.4 Å². The number of benzene rings is 1. The molecule has 2 N–H and O–H groups in total. The largest absolute Gasteiger partial charge is 0.497 e. The molecule has 0 fully saturated rings. The Labute approximate surface area is 95.5 Å². The van der Waals surface area contributed by atoms with Crippen LogP contribution < -0.4 is 15.4 Å². The van der Waals surface area contributed by atoms with E-state index in [1.54, 1.807) is 7.11 Å². The first-order chi connectivity index (χ1) is 7.79. The van der Waals surface area contributed by atoms with Crippen molar-refractivity contribution in [1.82, 2.24) is 5.32 Å². The number of hydrogen-bond donors (Lipinski definition) is 2. The first-order valence-corrected chi connectivity index (χ1v) is 5.67. The molecule has 1 aromatic rings. The highest BCUT2D eigenvalue weighted by Gasteiger charge is 2.35. The van der Waals surface area contributed by atoms with Gasteiger partial charge in [0, 0.05) is 23.7 Å². The van der Waals surface area contributed by atoms with Crippen molar-refractivity contribution in [1.29, 1.82) is 0 Å². The molecular formula is C13H16N2O. The van der Waals surface area contributed by atoms with Gasteiger partial charge in [0.2, 0.25) is 0 Å². The third-order valence-corrected chi connectivity index (χ3v) is 3.53. The van der Waals surface area contributed by atoms with Gasteiger partial charge >= 0.3 is 0 Å². The minimum Gasteiger partial charge on any atom is -0.497 e. The van der Waals surface area contributed by atoms with Crippen molar-refractivity contribution in [2.24, 2.45) is 0 Å². The van der Waals surface area contributed by atoms with Gasteiger partial charge in [-0.2, -0.15) is 0 Å². The van der Waals surface area contributed by atoms with Crippen LogP contribution in [0.25, 0.3) is 0 Å². The van der Waals surface area contributed by atoms with E-state index in [2.05, 4.69) is 42.0 Å². The maximum atomic E-state index is 5.25. The highest BCUT2D eigenvalue weighted by Crippen LogP contribution is 2.41. The molecule has 16 heavy (non-hydrogen) atoms. The lowest BCUT2D eigenvalue weighted by Crippen LogP contribution is -2.42. The molecule has 2 aliphatic rings. The average molecular weight is 216 g/mol. The van der Waals surface area contributed by atoms with Gasteiger partial charge in [-0.15, -0.1) is 0 Å². The Morgan fingerprint density at radius 2 is 2.19 bits per heavy atom. The number of fused-ring (bicyclic) bond motifs is 3. The monoisotopic (exact) mass is 216 g/mol. The van der Waals surface area contributed by atoms with E-state index in [1.165, 1.54) is 11.3 Å². The molecule has 84 valence electrons. The SMILES string of the molecule is COc1ccc2c(c1)NC1C(C)NC=CC21. The summed E-state index contributed by atoms with van der Waals surface area (Å²) in [5.74, 6) is 1.40. The molecule has 2 heterocycles. The van der Waals surface area contributed by atoms with Crippen molar-refractivity contribution < 1.29 is 4.74 Å². The van der Waals surface area contributed by atoms with Crippen molar-refractivity contribution in [3.8, 4) is 5.75 Å². The number of nitrogens with one attached hydrogen (secondary N) is 2. The summed E-state index contributed by atoms with van der Waals surface area (Å²) in [6.45, 7) is 2.21. The van der Waals surface area contributed by atoms with Gasteiger partial charge in [-0.1, -0.05) is 12.1 Å². The van der Waals surface area contributed by atoms with Crippen molar-refractivity contribution in [2.45, 2.75) is 24.9 Å². The second-order valence-electron chi connectivity index (χ2n) is 4.46. The van der Waals surface area contributed by atoms with Crippen LogP contribution in [-0.4, -0.2) is 19.2 Å². The van der Waals surface area contributed by atoms with E-state index >= 15 is 0 Å². The van der Waals surface area contributed by atoms with Gasteiger partial charge in [-0.25, -0.2) is 0 Å². The fraction of sp³-hybridized carbons (Fsp3) is 0.385. The normalized spacial score (nSPS) is 30.0. The maximum absolute atomic E-state index is 5.25. The number of methoxy groups -OCH3 is 1. The van der Waals surface area contributed by atoms with Crippen LogP contribution in [0.4, 0.5) is 5.69 Å². The molecule has 0 radical (unpaired) electrons. The Kier molecular flexibility index (Phi) is 2.06. The molecule has 3 nitrogen and oxygen atoms in total. The smallest absolute Gasteiger partial charge is 0.120 e. The molecule has 3 atom stereocenters. The predicted molar refractivity (Wildman–Crippen MR) is 64.9 cm³/mol. The van der Waals surface area contributed by atoms with Gasteiger partial charge in [-0.3, -0.25) is 0 Å². The Morgan fingerprint density at radius 3 is 3.00 bits per heavy atom. The van der Waals surface area contributed by atoms with Crippen molar-refractivity contribution >= 4 is 5.69 Å². The van der Waals surface area contributed by atoms with Gasteiger partial charge in [0.05, 0.1) is 13.2 Å². The standard InChI is InChI=1S/C13H16N2O/c1-8-13-11(5-6-14-8)10-4-3-9(16-2)7-12(10)15-13/h3-8,11,13-15H,1-2H3. The van der Waals surface area contributed by atoms with Crippen LogP contribution in [0.1, 0.15) is 18.4 Å². The first kappa shape index (κ1) is 9.58. The molecule has 3 heteroatoms. The maximum Gasteiger partial charge on any atom is 0.120 e. The van der Waals surface area contributed by atoms with E-state index < -0.39 is 0 Å². The van der Waals surface area contributed by atoms with Crippen LogP contribution >= 0.6 is 0 Å². The minimum absolute atomic E-state index is 0.451. The fourth-order valence-corrected chi connectivity index (χ4v) is 2.61. The van der Waals surface area contributed by atoms with E-state index in [-0.39, 0.29) is 0 Å². The van der Waals surface area contributed by atoms with Gasteiger partial charge in [0.25, 0.3) is 0 Å². The lowest BCUT2D eigenvalue weighted by Gasteiger charge is -2.28. The summed E-state index contributed by atoms with van der Waals surface area (Å²) in [5.41, 5.74) is 2.57. The zero-order valence-electron chi connectivity index (χ0n) is 9.53. The summed E-state index contributed by atoms with van der Waals surface area (Å²) in [7, 11) is 1.70. The molecule has 0 aromatic heterocycles. The second kappa shape index (κ2) is 3.44. The first-order valence-electron chi connectivity index (χ1n) is 5.67. The molecule has 0 aliphatic carbocycles. The molecular weight excluding hydrogens is 200 g/mol. The van der Waals surface area contributed by atoms with Gasteiger partial charge in [0.15, 0.2) is 0 Å². The molecule has 0 saturated carbocycles.